The van der Waals surface area contributed by atoms with E-state index in [1.807, 2.05) is 18.9 Å². The van der Waals surface area contributed by atoms with Gasteiger partial charge in [0, 0.05) is 20.2 Å². The van der Waals surface area contributed by atoms with E-state index >= 15 is 0 Å². The maximum atomic E-state index is 11.6. The Hall–Kier alpha value is -0.650. The molecule has 1 fully saturated rings. The predicted molar refractivity (Wildman–Crippen MR) is 66.1 cm³/mol. The molecule has 1 aliphatic rings. The summed E-state index contributed by atoms with van der Waals surface area (Å²) < 4.78 is 5.01. The Morgan fingerprint density at radius 1 is 1.59 bits per heavy atom. The van der Waals surface area contributed by atoms with Gasteiger partial charge in [-0.2, -0.15) is 0 Å². The molecule has 1 saturated carbocycles. The molecule has 0 aromatic carbocycles. The SMILES string of the molecule is CCNC(CN(C)CCOC)(C(=O)O)C1CC1. The minimum Gasteiger partial charge on any atom is -0.480 e. The van der Waals surface area contributed by atoms with Crippen LogP contribution in [0, 0.1) is 5.92 Å². The number of hydrogen-bond acceptors (Lipinski definition) is 4. The van der Waals surface area contributed by atoms with E-state index in [0.29, 0.717) is 19.7 Å². The van der Waals surface area contributed by atoms with Crippen molar-refractivity contribution >= 4 is 5.97 Å². The molecule has 17 heavy (non-hydrogen) atoms. The van der Waals surface area contributed by atoms with Crippen molar-refractivity contribution in [2.45, 2.75) is 25.3 Å². The normalized spacial score (nSPS) is 19.3. The molecule has 5 nitrogen and oxygen atoms in total. The molecule has 0 radical (unpaired) electrons. The third-order valence-corrected chi connectivity index (χ3v) is 3.34. The molecular weight excluding hydrogens is 220 g/mol. The van der Waals surface area contributed by atoms with Crippen molar-refractivity contribution in [3.63, 3.8) is 0 Å². The number of nitrogens with zero attached hydrogens (tertiary/aromatic N) is 1. The van der Waals surface area contributed by atoms with Gasteiger partial charge in [-0.05, 0) is 32.4 Å². The average Bonchev–Trinajstić information content (AvgIpc) is 3.09. The van der Waals surface area contributed by atoms with Gasteiger partial charge in [0.15, 0.2) is 0 Å². The largest absolute Gasteiger partial charge is 0.480 e. The first kappa shape index (κ1) is 14.4. The number of likely N-dealkylation sites (N-methyl/N-ethyl adjacent to an activating group) is 2. The molecule has 100 valence electrons. The number of aliphatic carboxylic acids is 1. The molecule has 0 amide bonds. The van der Waals surface area contributed by atoms with E-state index in [9.17, 15) is 9.90 Å². The molecule has 0 bridgehead atoms. The Morgan fingerprint density at radius 3 is 2.65 bits per heavy atom. The highest BCUT2D eigenvalue weighted by molar-refractivity contribution is 5.80. The summed E-state index contributed by atoms with van der Waals surface area (Å²) in [4.78, 5) is 13.6. The van der Waals surface area contributed by atoms with Gasteiger partial charge in [0.2, 0.25) is 0 Å². The molecule has 1 rings (SSSR count). The molecule has 0 spiro atoms. The van der Waals surface area contributed by atoms with Crippen LogP contribution < -0.4 is 5.32 Å². The Kier molecular flexibility index (Phi) is 5.36. The van der Waals surface area contributed by atoms with Crippen molar-refractivity contribution in [1.82, 2.24) is 10.2 Å². The van der Waals surface area contributed by atoms with Crippen LogP contribution in [0.25, 0.3) is 0 Å². The smallest absolute Gasteiger partial charge is 0.325 e. The third-order valence-electron chi connectivity index (χ3n) is 3.34. The van der Waals surface area contributed by atoms with Gasteiger partial charge in [0.25, 0.3) is 0 Å². The van der Waals surface area contributed by atoms with Gasteiger partial charge in [-0.25, -0.2) is 0 Å². The number of carbonyl (C=O) groups is 1. The van der Waals surface area contributed by atoms with E-state index in [2.05, 4.69) is 5.32 Å². The van der Waals surface area contributed by atoms with Crippen molar-refractivity contribution in [3.05, 3.63) is 0 Å². The summed E-state index contributed by atoms with van der Waals surface area (Å²) in [5, 5.41) is 12.7. The maximum Gasteiger partial charge on any atom is 0.325 e. The van der Waals surface area contributed by atoms with Crippen molar-refractivity contribution in [1.29, 1.82) is 0 Å². The van der Waals surface area contributed by atoms with Crippen LogP contribution in [0.5, 0.6) is 0 Å². The van der Waals surface area contributed by atoms with Crippen LogP contribution in [0.2, 0.25) is 0 Å². The van der Waals surface area contributed by atoms with Gasteiger partial charge in [0.05, 0.1) is 6.61 Å². The second-order valence-corrected chi connectivity index (χ2v) is 4.81. The second kappa shape index (κ2) is 6.33. The summed E-state index contributed by atoms with van der Waals surface area (Å²) >= 11 is 0. The van der Waals surface area contributed by atoms with Crippen molar-refractivity contribution in [3.8, 4) is 0 Å². The van der Waals surface area contributed by atoms with E-state index < -0.39 is 11.5 Å². The monoisotopic (exact) mass is 244 g/mol. The molecule has 1 aliphatic carbocycles. The summed E-state index contributed by atoms with van der Waals surface area (Å²) in [7, 11) is 3.60. The lowest BCUT2D eigenvalue weighted by molar-refractivity contribution is -0.147. The van der Waals surface area contributed by atoms with Crippen LogP contribution in [0.3, 0.4) is 0 Å². The van der Waals surface area contributed by atoms with Crippen LogP contribution in [0.15, 0.2) is 0 Å². The summed E-state index contributed by atoms with van der Waals surface area (Å²) in [6, 6.07) is 0. The number of carboxylic acids is 1. The highest BCUT2D eigenvalue weighted by Crippen LogP contribution is 2.40. The third kappa shape index (κ3) is 3.66. The molecule has 0 aromatic heterocycles. The zero-order valence-electron chi connectivity index (χ0n) is 11.0. The van der Waals surface area contributed by atoms with Gasteiger partial charge in [-0.15, -0.1) is 0 Å². The lowest BCUT2D eigenvalue weighted by Crippen LogP contribution is -2.60. The van der Waals surface area contributed by atoms with Gasteiger partial charge >= 0.3 is 5.97 Å². The van der Waals surface area contributed by atoms with Crippen LogP contribution >= 0.6 is 0 Å². The highest BCUT2D eigenvalue weighted by Gasteiger charge is 2.51. The number of hydrogen-bond donors (Lipinski definition) is 2. The first-order valence-electron chi connectivity index (χ1n) is 6.22. The number of carboxylic acid groups (broad SMARTS) is 1. The van der Waals surface area contributed by atoms with E-state index in [0.717, 1.165) is 19.4 Å². The summed E-state index contributed by atoms with van der Waals surface area (Å²) in [6.07, 6.45) is 2.02. The maximum absolute atomic E-state index is 11.6. The fraction of sp³-hybridized carbons (Fsp3) is 0.917. The van der Waals surface area contributed by atoms with E-state index in [1.54, 1.807) is 7.11 Å². The molecule has 1 unspecified atom stereocenters. The number of methoxy groups -OCH3 is 1. The van der Waals surface area contributed by atoms with E-state index in [-0.39, 0.29) is 5.92 Å². The van der Waals surface area contributed by atoms with Crippen LogP contribution in [-0.4, -0.2) is 61.9 Å². The highest BCUT2D eigenvalue weighted by atomic mass is 16.5. The molecule has 5 heteroatoms. The number of nitrogens with one attached hydrogen (secondary N) is 1. The van der Waals surface area contributed by atoms with Gasteiger partial charge in [-0.3, -0.25) is 4.79 Å². The van der Waals surface area contributed by atoms with Gasteiger partial charge in [-0.1, -0.05) is 6.92 Å². The minimum atomic E-state index is -0.781. The van der Waals surface area contributed by atoms with Crippen molar-refractivity contribution < 1.29 is 14.6 Å². The zero-order chi connectivity index (χ0) is 12.9. The number of ether oxygens (including phenoxy) is 1. The zero-order valence-corrected chi connectivity index (χ0v) is 11.0. The Bertz CT molecular complexity index is 256. The fourth-order valence-electron chi connectivity index (χ4n) is 2.29. The number of rotatable bonds is 9. The van der Waals surface area contributed by atoms with E-state index in [1.165, 1.54) is 0 Å². The summed E-state index contributed by atoms with van der Waals surface area (Å²) in [6.45, 7) is 4.55. The molecular formula is C12H24N2O3. The summed E-state index contributed by atoms with van der Waals surface area (Å²) in [5.41, 5.74) is -0.781. The summed E-state index contributed by atoms with van der Waals surface area (Å²) in [5.74, 6) is -0.462. The first-order valence-corrected chi connectivity index (χ1v) is 6.22. The minimum absolute atomic E-state index is 0.268. The molecule has 0 saturated heterocycles. The Morgan fingerprint density at radius 2 is 2.24 bits per heavy atom. The molecule has 1 atom stereocenters. The van der Waals surface area contributed by atoms with Crippen LogP contribution in [0.4, 0.5) is 0 Å². The Balaban J connectivity index is 2.64. The Labute approximate surface area is 103 Å². The predicted octanol–water partition coefficient (Wildman–Crippen LogP) is 0.408. The lowest BCUT2D eigenvalue weighted by Gasteiger charge is -2.34. The quantitative estimate of drug-likeness (QED) is 0.615. The van der Waals surface area contributed by atoms with Crippen LogP contribution in [-0.2, 0) is 9.53 Å². The second-order valence-electron chi connectivity index (χ2n) is 4.81. The molecule has 2 N–H and O–H groups in total. The average molecular weight is 244 g/mol. The standard InChI is InChI=1S/C12H24N2O3/c1-4-13-12(11(15)16,10-5-6-10)9-14(2)7-8-17-3/h10,13H,4-9H2,1-3H3,(H,15,16). The van der Waals surface area contributed by atoms with Gasteiger partial charge in [0.1, 0.15) is 5.54 Å². The topological polar surface area (TPSA) is 61.8 Å². The first-order chi connectivity index (χ1) is 8.06. The van der Waals surface area contributed by atoms with E-state index in [4.69, 9.17) is 4.74 Å². The molecule has 0 aromatic rings. The van der Waals surface area contributed by atoms with Gasteiger partial charge < -0.3 is 20.1 Å². The molecule has 0 aliphatic heterocycles. The molecule has 0 heterocycles. The van der Waals surface area contributed by atoms with Crippen molar-refractivity contribution in [2.75, 3.05) is 40.4 Å². The lowest BCUT2D eigenvalue weighted by atomic mass is 9.92. The fourth-order valence-corrected chi connectivity index (χ4v) is 2.29. The van der Waals surface area contributed by atoms with Crippen molar-refractivity contribution in [2.24, 2.45) is 5.92 Å². The van der Waals surface area contributed by atoms with Crippen LogP contribution in [0.1, 0.15) is 19.8 Å².